The van der Waals surface area contributed by atoms with Crippen molar-refractivity contribution in [3.05, 3.63) is 28.8 Å². The van der Waals surface area contributed by atoms with E-state index < -0.39 is 32.7 Å². The standard InChI is InChI=1S/C13H17ClO5S/c1-8(2)12(13(15)16)20(17,18)7-9-6-10(14)4-5-11(9)19-3/h4-6,8,12H,7H2,1-3H3,(H,15,16). The molecule has 0 aliphatic heterocycles. The van der Waals surface area contributed by atoms with Gasteiger partial charge in [0.1, 0.15) is 5.75 Å². The summed E-state index contributed by atoms with van der Waals surface area (Å²) in [5, 5.41) is 8.02. The highest BCUT2D eigenvalue weighted by Gasteiger charge is 2.35. The van der Waals surface area contributed by atoms with Crippen LogP contribution < -0.4 is 4.74 Å². The van der Waals surface area contributed by atoms with Crippen LogP contribution >= 0.6 is 11.6 Å². The molecule has 1 N–H and O–H groups in total. The first-order chi connectivity index (χ1) is 9.19. The molecule has 1 atom stereocenters. The summed E-state index contributed by atoms with van der Waals surface area (Å²) in [4.78, 5) is 11.2. The number of carbonyl (C=O) groups is 1. The summed E-state index contributed by atoms with van der Waals surface area (Å²) < 4.78 is 29.6. The molecule has 5 nitrogen and oxygen atoms in total. The average Bonchev–Trinajstić information content (AvgIpc) is 2.26. The van der Waals surface area contributed by atoms with Crippen LogP contribution in [0.4, 0.5) is 0 Å². The highest BCUT2D eigenvalue weighted by atomic mass is 35.5. The van der Waals surface area contributed by atoms with Gasteiger partial charge in [-0.3, -0.25) is 4.79 Å². The Labute approximate surface area is 123 Å². The SMILES string of the molecule is COc1ccc(Cl)cc1CS(=O)(=O)C(C(=O)O)C(C)C. The molecule has 0 heterocycles. The molecule has 112 valence electrons. The minimum absolute atomic E-state index is 0.354. The predicted octanol–water partition coefficient (Wildman–Crippen LogP) is 2.37. The lowest BCUT2D eigenvalue weighted by molar-refractivity contribution is -0.137. The number of hydrogen-bond acceptors (Lipinski definition) is 4. The smallest absolute Gasteiger partial charge is 0.322 e. The van der Waals surface area contributed by atoms with E-state index in [1.807, 2.05) is 0 Å². The number of hydrogen-bond donors (Lipinski definition) is 1. The number of carboxylic acids is 1. The summed E-state index contributed by atoms with van der Waals surface area (Å²) in [6.07, 6.45) is 0. The van der Waals surface area contributed by atoms with Gasteiger partial charge in [-0.1, -0.05) is 25.4 Å². The van der Waals surface area contributed by atoms with Gasteiger partial charge in [0.05, 0.1) is 12.9 Å². The second-order valence-corrected chi connectivity index (χ2v) is 7.32. The molecule has 0 bridgehead atoms. The first kappa shape index (κ1) is 16.8. The van der Waals surface area contributed by atoms with Gasteiger partial charge in [-0.05, 0) is 24.1 Å². The van der Waals surface area contributed by atoms with Gasteiger partial charge in [0, 0.05) is 10.6 Å². The van der Waals surface area contributed by atoms with Crippen LogP contribution in [-0.2, 0) is 20.4 Å². The summed E-state index contributed by atoms with van der Waals surface area (Å²) >= 11 is 5.84. The lowest BCUT2D eigenvalue weighted by Gasteiger charge is -2.18. The van der Waals surface area contributed by atoms with E-state index in [2.05, 4.69) is 0 Å². The first-order valence-electron chi connectivity index (χ1n) is 5.96. The van der Waals surface area contributed by atoms with Crippen molar-refractivity contribution in [1.29, 1.82) is 0 Å². The Kier molecular flexibility index (Phi) is 5.42. The van der Waals surface area contributed by atoms with E-state index in [-0.39, 0.29) is 0 Å². The van der Waals surface area contributed by atoms with Crippen LogP contribution in [-0.4, -0.2) is 31.9 Å². The van der Waals surface area contributed by atoms with Gasteiger partial charge in [0.2, 0.25) is 0 Å². The summed E-state index contributed by atoms with van der Waals surface area (Å²) in [5.74, 6) is -1.93. The molecule has 1 rings (SSSR count). The van der Waals surface area contributed by atoms with Crippen LogP contribution in [0, 0.1) is 5.92 Å². The lowest BCUT2D eigenvalue weighted by atomic mass is 10.1. The van der Waals surface area contributed by atoms with Gasteiger partial charge in [-0.25, -0.2) is 8.42 Å². The molecule has 1 aromatic rings. The van der Waals surface area contributed by atoms with Crippen molar-refractivity contribution in [1.82, 2.24) is 0 Å². The van der Waals surface area contributed by atoms with E-state index in [0.29, 0.717) is 16.3 Å². The molecule has 0 aromatic heterocycles. The molecule has 0 fully saturated rings. The number of halogens is 1. The van der Waals surface area contributed by atoms with Crippen LogP contribution in [0.2, 0.25) is 5.02 Å². The van der Waals surface area contributed by atoms with Crippen molar-refractivity contribution in [3.63, 3.8) is 0 Å². The third-order valence-corrected chi connectivity index (χ3v) is 5.30. The molecule has 7 heteroatoms. The monoisotopic (exact) mass is 320 g/mol. The van der Waals surface area contributed by atoms with Gasteiger partial charge in [0.15, 0.2) is 15.1 Å². The van der Waals surface area contributed by atoms with E-state index in [1.54, 1.807) is 26.0 Å². The van der Waals surface area contributed by atoms with Gasteiger partial charge < -0.3 is 9.84 Å². The quantitative estimate of drug-likeness (QED) is 0.870. The molecule has 0 saturated carbocycles. The zero-order chi connectivity index (χ0) is 15.5. The van der Waals surface area contributed by atoms with Crippen LogP contribution in [0.5, 0.6) is 5.75 Å². The van der Waals surface area contributed by atoms with E-state index >= 15 is 0 Å². The topological polar surface area (TPSA) is 80.7 Å². The maximum Gasteiger partial charge on any atom is 0.322 e. The number of sulfone groups is 1. The van der Waals surface area contributed by atoms with Gasteiger partial charge in [0.25, 0.3) is 0 Å². The summed E-state index contributed by atoms with van der Waals surface area (Å²) in [7, 11) is -2.45. The van der Waals surface area contributed by atoms with Crippen LogP contribution in [0.1, 0.15) is 19.4 Å². The van der Waals surface area contributed by atoms with Crippen molar-refractivity contribution in [2.45, 2.75) is 24.9 Å². The van der Waals surface area contributed by atoms with E-state index in [1.165, 1.54) is 13.2 Å². The largest absolute Gasteiger partial charge is 0.496 e. The van der Waals surface area contributed by atoms with E-state index in [0.717, 1.165) is 0 Å². The number of methoxy groups -OCH3 is 1. The zero-order valence-electron chi connectivity index (χ0n) is 11.5. The van der Waals surface area contributed by atoms with Crippen LogP contribution in [0.3, 0.4) is 0 Å². The molecule has 20 heavy (non-hydrogen) atoms. The fourth-order valence-electron chi connectivity index (χ4n) is 2.02. The second-order valence-electron chi connectivity index (χ2n) is 4.77. The Balaban J connectivity index is 3.19. The Morgan fingerprint density at radius 1 is 1.40 bits per heavy atom. The molecule has 0 spiro atoms. The maximum atomic E-state index is 12.3. The van der Waals surface area contributed by atoms with Gasteiger partial charge in [-0.15, -0.1) is 0 Å². The van der Waals surface area contributed by atoms with Crippen molar-refractivity contribution in [3.8, 4) is 5.75 Å². The maximum absolute atomic E-state index is 12.3. The highest BCUT2D eigenvalue weighted by Crippen LogP contribution is 2.27. The van der Waals surface area contributed by atoms with E-state index in [9.17, 15) is 13.2 Å². The Morgan fingerprint density at radius 2 is 2.00 bits per heavy atom. The third-order valence-electron chi connectivity index (χ3n) is 2.83. The minimum Gasteiger partial charge on any atom is -0.496 e. The fraction of sp³-hybridized carbons (Fsp3) is 0.462. The molecule has 0 radical (unpaired) electrons. The number of rotatable bonds is 6. The molecule has 0 aliphatic carbocycles. The lowest BCUT2D eigenvalue weighted by Crippen LogP contribution is -2.35. The molecule has 0 amide bonds. The number of aliphatic carboxylic acids is 1. The highest BCUT2D eigenvalue weighted by molar-refractivity contribution is 7.92. The normalized spacial score (nSPS) is 13.2. The average molecular weight is 321 g/mol. The van der Waals surface area contributed by atoms with Crippen molar-refractivity contribution < 1.29 is 23.1 Å². The summed E-state index contributed by atoms with van der Waals surface area (Å²) in [6, 6.07) is 4.60. The Hall–Kier alpha value is -1.27. The summed E-state index contributed by atoms with van der Waals surface area (Å²) in [5.41, 5.74) is 0.354. The minimum atomic E-state index is -3.86. The first-order valence-corrected chi connectivity index (χ1v) is 8.05. The predicted molar refractivity (Wildman–Crippen MR) is 76.9 cm³/mol. The molecule has 1 aromatic carbocycles. The van der Waals surface area contributed by atoms with Crippen molar-refractivity contribution in [2.24, 2.45) is 5.92 Å². The third kappa shape index (κ3) is 3.86. The zero-order valence-corrected chi connectivity index (χ0v) is 13.0. The van der Waals surface area contributed by atoms with Crippen LogP contribution in [0.25, 0.3) is 0 Å². The van der Waals surface area contributed by atoms with Crippen LogP contribution in [0.15, 0.2) is 18.2 Å². The van der Waals surface area contributed by atoms with E-state index in [4.69, 9.17) is 21.4 Å². The van der Waals surface area contributed by atoms with Gasteiger partial charge in [-0.2, -0.15) is 0 Å². The number of benzene rings is 1. The molecular weight excluding hydrogens is 304 g/mol. The molecule has 0 aliphatic rings. The van der Waals surface area contributed by atoms with Crippen molar-refractivity contribution >= 4 is 27.4 Å². The Morgan fingerprint density at radius 3 is 2.45 bits per heavy atom. The van der Waals surface area contributed by atoms with Gasteiger partial charge >= 0.3 is 5.97 Å². The second kappa shape index (κ2) is 6.45. The molecular formula is C13H17ClO5S. The fourth-order valence-corrected chi connectivity index (χ4v) is 4.19. The Bertz CT molecular complexity index is 595. The van der Waals surface area contributed by atoms with Crippen molar-refractivity contribution in [2.75, 3.05) is 7.11 Å². The number of carboxylic acid groups (broad SMARTS) is 1. The molecule has 1 unspecified atom stereocenters. The number of ether oxygens (including phenoxy) is 1. The summed E-state index contributed by atoms with van der Waals surface area (Å²) in [6.45, 7) is 3.12. The molecule has 0 saturated heterocycles.